The molecule has 0 saturated heterocycles. The Morgan fingerprint density at radius 1 is 0.882 bits per heavy atom. The van der Waals surface area contributed by atoms with Crippen LogP contribution < -0.4 is 4.74 Å². The predicted molar refractivity (Wildman–Crippen MR) is 74.5 cm³/mol. The maximum atomic E-state index is 6.04. The van der Waals surface area contributed by atoms with Gasteiger partial charge in [-0.25, -0.2) is 0 Å². The van der Waals surface area contributed by atoms with E-state index in [0.29, 0.717) is 6.10 Å². The minimum atomic E-state index is 0.402. The zero-order chi connectivity index (χ0) is 12.3. The molecule has 1 aromatic rings. The smallest absolute Gasteiger partial charge is 0.119 e. The van der Waals surface area contributed by atoms with Crippen molar-refractivity contribution in [3.05, 3.63) is 30.3 Å². The summed E-state index contributed by atoms with van der Waals surface area (Å²) in [5.41, 5.74) is 0. The molecule has 17 heavy (non-hydrogen) atoms. The van der Waals surface area contributed by atoms with E-state index >= 15 is 0 Å². The van der Waals surface area contributed by atoms with E-state index in [1.54, 1.807) is 0 Å². The molecule has 0 aliphatic heterocycles. The number of hydrogen-bond acceptors (Lipinski definition) is 1. The largest absolute Gasteiger partial charge is 0.490 e. The Bertz CT molecular complexity index is 268. The summed E-state index contributed by atoms with van der Waals surface area (Å²) in [6, 6.07) is 10.2. The van der Waals surface area contributed by atoms with Gasteiger partial charge in [-0.1, -0.05) is 57.7 Å². The first kappa shape index (κ1) is 14.1. The Balaban J connectivity index is 2.32. The van der Waals surface area contributed by atoms with Crippen LogP contribution in [0.15, 0.2) is 30.3 Å². The van der Waals surface area contributed by atoms with Crippen molar-refractivity contribution in [3.8, 4) is 5.75 Å². The van der Waals surface area contributed by atoms with Crippen LogP contribution in [-0.4, -0.2) is 6.10 Å². The summed E-state index contributed by atoms with van der Waals surface area (Å²) in [6.07, 6.45) is 9.26. The van der Waals surface area contributed by atoms with Gasteiger partial charge < -0.3 is 4.74 Å². The Morgan fingerprint density at radius 3 is 2.29 bits per heavy atom. The third-order valence-electron chi connectivity index (χ3n) is 3.04. The summed E-state index contributed by atoms with van der Waals surface area (Å²) < 4.78 is 6.04. The Hall–Kier alpha value is -0.980. The number of rotatable bonds is 9. The maximum absolute atomic E-state index is 6.04. The molecule has 0 aliphatic carbocycles. The molecule has 0 N–H and O–H groups in total. The van der Waals surface area contributed by atoms with Gasteiger partial charge in [0.05, 0.1) is 6.10 Å². The molecule has 1 unspecified atom stereocenters. The van der Waals surface area contributed by atoms with Gasteiger partial charge in [0.15, 0.2) is 0 Å². The van der Waals surface area contributed by atoms with Crippen LogP contribution in [0, 0.1) is 0 Å². The van der Waals surface area contributed by atoms with Gasteiger partial charge in [-0.2, -0.15) is 0 Å². The van der Waals surface area contributed by atoms with Gasteiger partial charge in [0.25, 0.3) is 0 Å². The van der Waals surface area contributed by atoms with E-state index in [4.69, 9.17) is 4.74 Å². The lowest BCUT2D eigenvalue weighted by molar-refractivity contribution is 0.175. The zero-order valence-electron chi connectivity index (χ0n) is 11.3. The first-order chi connectivity index (χ1) is 8.36. The molecule has 1 nitrogen and oxygen atoms in total. The van der Waals surface area contributed by atoms with Gasteiger partial charge >= 0.3 is 0 Å². The normalized spacial score (nSPS) is 12.4. The van der Waals surface area contributed by atoms with Crippen molar-refractivity contribution in [2.24, 2.45) is 0 Å². The first-order valence-electron chi connectivity index (χ1n) is 7.08. The maximum Gasteiger partial charge on any atom is 0.119 e. The molecule has 1 heteroatoms. The van der Waals surface area contributed by atoms with E-state index < -0.39 is 0 Å². The van der Waals surface area contributed by atoms with Crippen LogP contribution in [0.1, 0.15) is 58.8 Å². The summed E-state index contributed by atoms with van der Waals surface area (Å²) in [5, 5.41) is 0. The fourth-order valence-electron chi connectivity index (χ4n) is 2.07. The molecule has 1 rings (SSSR count). The van der Waals surface area contributed by atoms with E-state index in [0.717, 1.165) is 5.75 Å². The minimum absolute atomic E-state index is 0.402. The van der Waals surface area contributed by atoms with E-state index in [1.807, 2.05) is 18.2 Å². The first-order valence-corrected chi connectivity index (χ1v) is 7.08. The summed E-state index contributed by atoms with van der Waals surface area (Å²) in [5.74, 6) is 1.02. The van der Waals surface area contributed by atoms with Crippen LogP contribution in [0.5, 0.6) is 5.75 Å². The number of ether oxygens (including phenoxy) is 1. The number of unbranched alkanes of at least 4 members (excludes halogenated alkanes) is 3. The number of para-hydroxylation sites is 1. The lowest BCUT2D eigenvalue weighted by Gasteiger charge is -2.18. The second-order valence-corrected chi connectivity index (χ2v) is 4.69. The van der Waals surface area contributed by atoms with Crippen LogP contribution in [0.4, 0.5) is 0 Å². The highest BCUT2D eigenvalue weighted by Crippen LogP contribution is 2.17. The van der Waals surface area contributed by atoms with Gasteiger partial charge in [0, 0.05) is 0 Å². The quantitative estimate of drug-likeness (QED) is 0.533. The van der Waals surface area contributed by atoms with Crippen LogP contribution >= 0.6 is 0 Å². The summed E-state index contributed by atoms with van der Waals surface area (Å²) in [7, 11) is 0. The monoisotopic (exact) mass is 234 g/mol. The molecule has 0 spiro atoms. The highest BCUT2D eigenvalue weighted by Gasteiger charge is 2.08. The summed E-state index contributed by atoms with van der Waals surface area (Å²) in [4.78, 5) is 0. The second kappa shape index (κ2) is 9.09. The molecule has 96 valence electrons. The molecular formula is C16H26O. The van der Waals surface area contributed by atoms with E-state index in [2.05, 4.69) is 26.0 Å². The zero-order valence-corrected chi connectivity index (χ0v) is 11.3. The average Bonchev–Trinajstić information content (AvgIpc) is 2.36. The fraction of sp³-hybridized carbons (Fsp3) is 0.625. The highest BCUT2D eigenvalue weighted by molar-refractivity contribution is 5.21. The molecule has 0 fully saturated rings. The molecule has 0 bridgehead atoms. The third-order valence-corrected chi connectivity index (χ3v) is 3.04. The van der Waals surface area contributed by atoms with Gasteiger partial charge in [0.1, 0.15) is 5.75 Å². The van der Waals surface area contributed by atoms with Crippen LogP contribution in [0.25, 0.3) is 0 Å². The molecule has 0 radical (unpaired) electrons. The van der Waals surface area contributed by atoms with Gasteiger partial charge in [-0.3, -0.25) is 0 Å². The molecular weight excluding hydrogens is 208 g/mol. The van der Waals surface area contributed by atoms with E-state index in [1.165, 1.54) is 44.9 Å². The van der Waals surface area contributed by atoms with Crippen molar-refractivity contribution in [2.45, 2.75) is 64.9 Å². The lowest BCUT2D eigenvalue weighted by Crippen LogP contribution is -2.16. The highest BCUT2D eigenvalue weighted by atomic mass is 16.5. The van der Waals surface area contributed by atoms with Crippen molar-refractivity contribution < 1.29 is 4.74 Å². The predicted octanol–water partition coefficient (Wildman–Crippen LogP) is 5.20. The lowest BCUT2D eigenvalue weighted by atomic mass is 10.1. The topological polar surface area (TPSA) is 9.23 Å². The van der Waals surface area contributed by atoms with Crippen LogP contribution in [-0.2, 0) is 0 Å². The molecule has 0 aromatic heterocycles. The summed E-state index contributed by atoms with van der Waals surface area (Å²) >= 11 is 0. The third kappa shape index (κ3) is 6.35. The molecule has 0 amide bonds. The minimum Gasteiger partial charge on any atom is -0.490 e. The van der Waals surface area contributed by atoms with Gasteiger partial charge in [-0.15, -0.1) is 0 Å². The van der Waals surface area contributed by atoms with Crippen molar-refractivity contribution in [2.75, 3.05) is 0 Å². The second-order valence-electron chi connectivity index (χ2n) is 4.69. The summed E-state index contributed by atoms with van der Waals surface area (Å²) in [6.45, 7) is 4.48. The van der Waals surface area contributed by atoms with E-state index in [9.17, 15) is 0 Å². The SMILES string of the molecule is CCCCCCC(CCC)Oc1ccccc1. The van der Waals surface area contributed by atoms with Crippen molar-refractivity contribution in [3.63, 3.8) is 0 Å². The van der Waals surface area contributed by atoms with Gasteiger partial charge in [0.2, 0.25) is 0 Å². The van der Waals surface area contributed by atoms with Crippen LogP contribution in [0.2, 0.25) is 0 Å². The molecule has 0 heterocycles. The Labute approximate surface area is 106 Å². The molecule has 1 aromatic carbocycles. The molecule has 1 atom stereocenters. The van der Waals surface area contributed by atoms with Crippen molar-refractivity contribution in [1.82, 2.24) is 0 Å². The van der Waals surface area contributed by atoms with Crippen molar-refractivity contribution in [1.29, 1.82) is 0 Å². The molecule has 0 saturated carbocycles. The number of hydrogen-bond donors (Lipinski definition) is 0. The molecule has 0 aliphatic rings. The number of benzene rings is 1. The van der Waals surface area contributed by atoms with Crippen LogP contribution in [0.3, 0.4) is 0 Å². The van der Waals surface area contributed by atoms with Gasteiger partial charge in [-0.05, 0) is 31.4 Å². The Kier molecular flexibility index (Phi) is 7.53. The van der Waals surface area contributed by atoms with Crippen molar-refractivity contribution >= 4 is 0 Å². The standard InChI is InChI=1S/C16H26O/c1-3-5-6-8-12-15(11-4-2)17-16-13-9-7-10-14-16/h7,9-10,13-15H,3-6,8,11-12H2,1-2H3. The fourth-order valence-corrected chi connectivity index (χ4v) is 2.07. The average molecular weight is 234 g/mol. The Morgan fingerprint density at radius 2 is 1.65 bits per heavy atom. The van der Waals surface area contributed by atoms with E-state index in [-0.39, 0.29) is 0 Å².